The Morgan fingerprint density at radius 3 is 2.90 bits per heavy atom. The van der Waals surface area contributed by atoms with Gasteiger partial charge in [-0.05, 0) is 12.8 Å². The maximum atomic E-state index is 10.5. The van der Waals surface area contributed by atoms with Crippen molar-refractivity contribution in [2.24, 2.45) is 5.73 Å². The second kappa shape index (κ2) is 3.56. The van der Waals surface area contributed by atoms with E-state index in [2.05, 4.69) is 5.32 Å². The van der Waals surface area contributed by atoms with Crippen molar-refractivity contribution in [2.75, 3.05) is 6.54 Å². The Hall–Kier alpha value is -0.570. The average Bonchev–Trinajstić information content (AvgIpc) is 1.88. The maximum absolute atomic E-state index is 10.5. The number of rotatable bonds is 2. The third kappa shape index (κ3) is 2.35. The topological polar surface area (TPSA) is 59.7 Å². The highest BCUT2D eigenvalue weighted by atomic mass is 16.1. The lowest BCUT2D eigenvalue weighted by atomic mass is 10.0. The number of amides is 1. The van der Waals surface area contributed by atoms with Crippen LogP contribution in [-0.2, 0) is 4.79 Å². The largest absolute Gasteiger partial charge is 0.369 e. The van der Waals surface area contributed by atoms with E-state index >= 15 is 0 Å². The second-order valence-corrected chi connectivity index (χ2v) is 2.95. The Kier molecular flexibility index (Phi) is 2.68. The lowest BCUT2D eigenvalue weighted by molar-refractivity contribution is -0.696. The smallest absolute Gasteiger partial charge is 0.223 e. The van der Waals surface area contributed by atoms with Crippen molar-refractivity contribution in [1.29, 1.82) is 0 Å². The maximum Gasteiger partial charge on any atom is 0.223 e. The van der Waals surface area contributed by atoms with Gasteiger partial charge in [-0.2, -0.15) is 0 Å². The number of hydrogen-bond donors (Lipinski definition) is 2. The van der Waals surface area contributed by atoms with E-state index < -0.39 is 0 Å². The molecule has 4 N–H and O–H groups in total. The molecule has 1 heterocycles. The summed E-state index contributed by atoms with van der Waals surface area (Å²) < 4.78 is 0. The standard InChI is InChI=1S/C7H14N2O/c8-7(10)5-6-3-1-2-4-9-6/h6,9H,1-5H2,(H2,8,10)/p+1/t6-/m0/s1. The zero-order chi connectivity index (χ0) is 7.40. The van der Waals surface area contributed by atoms with E-state index in [0.29, 0.717) is 12.5 Å². The Morgan fingerprint density at radius 2 is 2.40 bits per heavy atom. The van der Waals surface area contributed by atoms with Gasteiger partial charge in [-0.15, -0.1) is 0 Å². The summed E-state index contributed by atoms with van der Waals surface area (Å²) in [6.45, 7) is 1.16. The third-order valence-corrected chi connectivity index (χ3v) is 1.99. The lowest BCUT2D eigenvalue weighted by Crippen LogP contribution is -2.91. The number of carbonyl (C=O) groups excluding carboxylic acids is 1. The quantitative estimate of drug-likeness (QED) is 0.510. The summed E-state index contributed by atoms with van der Waals surface area (Å²) in [4.78, 5) is 10.5. The fourth-order valence-electron chi connectivity index (χ4n) is 1.47. The van der Waals surface area contributed by atoms with E-state index in [1.165, 1.54) is 12.8 Å². The summed E-state index contributed by atoms with van der Waals surface area (Å²) in [5.41, 5.74) is 5.06. The monoisotopic (exact) mass is 143 g/mol. The molecule has 3 heteroatoms. The summed E-state index contributed by atoms with van der Waals surface area (Å²) in [6.07, 6.45) is 4.26. The van der Waals surface area contributed by atoms with Crippen molar-refractivity contribution < 1.29 is 10.1 Å². The highest BCUT2D eigenvalue weighted by molar-refractivity contribution is 5.74. The molecule has 3 nitrogen and oxygen atoms in total. The summed E-state index contributed by atoms with van der Waals surface area (Å²) in [6, 6.07) is 0.478. The van der Waals surface area contributed by atoms with Gasteiger partial charge in [0.25, 0.3) is 0 Å². The SMILES string of the molecule is NC(=O)C[C@@H]1CCCC[NH2+]1. The third-order valence-electron chi connectivity index (χ3n) is 1.99. The summed E-state index contributed by atoms with van der Waals surface area (Å²) in [5.74, 6) is -0.164. The predicted molar refractivity (Wildman–Crippen MR) is 38.2 cm³/mol. The molecule has 0 radical (unpaired) electrons. The van der Waals surface area contributed by atoms with Crippen LogP contribution < -0.4 is 11.1 Å². The van der Waals surface area contributed by atoms with Gasteiger partial charge in [-0.1, -0.05) is 0 Å². The fraction of sp³-hybridized carbons (Fsp3) is 0.857. The molecule has 0 spiro atoms. The molecule has 0 unspecified atom stereocenters. The normalized spacial score (nSPS) is 26.2. The Bertz CT molecular complexity index is 119. The minimum atomic E-state index is -0.164. The van der Waals surface area contributed by atoms with Crippen LogP contribution in [0.5, 0.6) is 0 Å². The number of quaternary nitrogens is 1. The molecule has 1 saturated heterocycles. The van der Waals surface area contributed by atoms with Crippen LogP contribution in [0.4, 0.5) is 0 Å². The summed E-state index contributed by atoms with van der Waals surface area (Å²) in [7, 11) is 0. The van der Waals surface area contributed by atoms with Crippen LogP contribution in [0.2, 0.25) is 0 Å². The first-order valence-corrected chi connectivity index (χ1v) is 3.90. The molecule has 0 bridgehead atoms. The van der Waals surface area contributed by atoms with E-state index in [1.54, 1.807) is 0 Å². The second-order valence-electron chi connectivity index (χ2n) is 2.95. The Morgan fingerprint density at radius 1 is 1.60 bits per heavy atom. The molecule has 0 saturated carbocycles. The Labute approximate surface area is 61.0 Å². The molecule has 0 aromatic carbocycles. The van der Waals surface area contributed by atoms with Crippen LogP contribution in [-0.4, -0.2) is 18.5 Å². The van der Waals surface area contributed by atoms with Crippen molar-refractivity contribution in [3.05, 3.63) is 0 Å². The molecule has 58 valence electrons. The molecule has 0 aromatic rings. The minimum Gasteiger partial charge on any atom is -0.369 e. The summed E-state index contributed by atoms with van der Waals surface area (Å²) >= 11 is 0. The highest BCUT2D eigenvalue weighted by Gasteiger charge is 2.17. The highest BCUT2D eigenvalue weighted by Crippen LogP contribution is 2.03. The molecule has 0 aromatic heterocycles. The van der Waals surface area contributed by atoms with Crippen molar-refractivity contribution in [1.82, 2.24) is 0 Å². The van der Waals surface area contributed by atoms with E-state index in [9.17, 15) is 4.79 Å². The van der Waals surface area contributed by atoms with Gasteiger partial charge in [0.1, 0.15) is 0 Å². The number of piperidine rings is 1. The van der Waals surface area contributed by atoms with Gasteiger partial charge >= 0.3 is 0 Å². The first-order valence-electron chi connectivity index (χ1n) is 3.90. The van der Waals surface area contributed by atoms with Crippen LogP contribution in [0.1, 0.15) is 25.7 Å². The average molecular weight is 143 g/mol. The van der Waals surface area contributed by atoms with Gasteiger partial charge in [-0.25, -0.2) is 0 Å². The van der Waals surface area contributed by atoms with Crippen LogP contribution in [0.3, 0.4) is 0 Å². The Balaban J connectivity index is 2.19. The molecule has 1 aliphatic rings. The number of nitrogens with two attached hydrogens (primary N) is 2. The molecule has 1 amide bonds. The van der Waals surface area contributed by atoms with Crippen molar-refractivity contribution in [3.63, 3.8) is 0 Å². The van der Waals surface area contributed by atoms with Gasteiger partial charge < -0.3 is 11.1 Å². The van der Waals surface area contributed by atoms with Gasteiger partial charge in [0, 0.05) is 6.42 Å². The molecule has 10 heavy (non-hydrogen) atoms. The van der Waals surface area contributed by atoms with Crippen molar-refractivity contribution in [3.8, 4) is 0 Å². The first kappa shape index (κ1) is 7.54. The minimum absolute atomic E-state index is 0.164. The van der Waals surface area contributed by atoms with Gasteiger partial charge in [-0.3, -0.25) is 4.79 Å². The number of primary amides is 1. The van der Waals surface area contributed by atoms with Crippen molar-refractivity contribution >= 4 is 5.91 Å². The fourth-order valence-corrected chi connectivity index (χ4v) is 1.47. The number of carbonyl (C=O) groups is 1. The predicted octanol–water partition coefficient (Wildman–Crippen LogP) is -1.02. The van der Waals surface area contributed by atoms with Gasteiger partial charge in [0.15, 0.2) is 0 Å². The lowest BCUT2D eigenvalue weighted by Gasteiger charge is -2.18. The van der Waals surface area contributed by atoms with E-state index in [4.69, 9.17) is 5.73 Å². The van der Waals surface area contributed by atoms with Crippen LogP contribution in [0.15, 0.2) is 0 Å². The molecule has 1 atom stereocenters. The van der Waals surface area contributed by atoms with Crippen LogP contribution in [0.25, 0.3) is 0 Å². The van der Waals surface area contributed by atoms with Crippen LogP contribution >= 0.6 is 0 Å². The van der Waals surface area contributed by atoms with Crippen LogP contribution in [0, 0.1) is 0 Å². The summed E-state index contributed by atoms with van der Waals surface area (Å²) in [5, 5.41) is 2.23. The van der Waals surface area contributed by atoms with Gasteiger partial charge in [0.05, 0.1) is 19.0 Å². The first-order chi connectivity index (χ1) is 4.79. The van der Waals surface area contributed by atoms with E-state index in [1.807, 2.05) is 0 Å². The molecule has 1 rings (SSSR count). The van der Waals surface area contributed by atoms with E-state index in [0.717, 1.165) is 13.0 Å². The number of hydrogen-bond acceptors (Lipinski definition) is 1. The molecular weight excluding hydrogens is 128 g/mol. The van der Waals surface area contributed by atoms with Gasteiger partial charge in [0.2, 0.25) is 5.91 Å². The van der Waals surface area contributed by atoms with Crippen molar-refractivity contribution in [2.45, 2.75) is 31.7 Å². The van der Waals surface area contributed by atoms with E-state index in [-0.39, 0.29) is 5.91 Å². The molecule has 0 aliphatic carbocycles. The molecule has 1 aliphatic heterocycles. The molecular formula is C7H15N2O+. The zero-order valence-corrected chi connectivity index (χ0v) is 6.18. The zero-order valence-electron chi connectivity index (χ0n) is 6.18. The molecule has 1 fully saturated rings.